The molecule has 0 fully saturated rings. The second-order valence-electron chi connectivity index (χ2n) is 3.95. The number of nitrogens with two attached hydrogens (primary N) is 1. The van der Waals surface area contributed by atoms with Crippen LogP contribution in [0.15, 0.2) is 29.6 Å². The molecule has 0 spiro atoms. The summed E-state index contributed by atoms with van der Waals surface area (Å²) in [6, 6.07) is 6.02. The average Bonchev–Trinajstić information content (AvgIpc) is 2.72. The van der Waals surface area contributed by atoms with Crippen LogP contribution >= 0.6 is 11.3 Å². The number of carbonyl (C=O) groups excluding carboxylic acids is 1. The van der Waals surface area contributed by atoms with E-state index in [4.69, 9.17) is 5.73 Å². The maximum Gasteiger partial charge on any atom is 0.254 e. The van der Waals surface area contributed by atoms with Gasteiger partial charge in [-0.1, -0.05) is 0 Å². The van der Waals surface area contributed by atoms with Crippen molar-refractivity contribution in [3.63, 3.8) is 0 Å². The second-order valence-corrected chi connectivity index (χ2v) is 4.95. The second kappa shape index (κ2) is 5.18. The Balaban J connectivity index is 2.06. The summed E-state index contributed by atoms with van der Waals surface area (Å²) in [5.41, 5.74) is 6.87. The molecule has 1 heterocycles. The molecule has 0 aliphatic carbocycles. The first-order chi connectivity index (χ1) is 8.58. The Bertz CT molecular complexity index is 580. The van der Waals surface area contributed by atoms with E-state index >= 15 is 0 Å². The highest BCUT2D eigenvalue weighted by Crippen LogP contribution is 2.16. The fourth-order valence-corrected chi connectivity index (χ4v) is 2.40. The first-order valence-electron chi connectivity index (χ1n) is 5.44. The molecular formula is C13H13FN2OS. The number of amides is 1. The molecule has 0 saturated heterocycles. The van der Waals surface area contributed by atoms with E-state index in [-0.39, 0.29) is 5.56 Å². The fraction of sp³-hybridized carbons (Fsp3) is 0.154. The van der Waals surface area contributed by atoms with Crippen LogP contribution in [0.5, 0.6) is 0 Å². The third-order valence-electron chi connectivity index (χ3n) is 2.62. The number of nitrogen functional groups attached to an aromatic ring is 1. The minimum Gasteiger partial charge on any atom is -0.399 e. The van der Waals surface area contributed by atoms with Gasteiger partial charge in [0.2, 0.25) is 0 Å². The van der Waals surface area contributed by atoms with E-state index in [1.807, 2.05) is 18.4 Å². The van der Waals surface area contributed by atoms with Crippen molar-refractivity contribution >= 4 is 22.9 Å². The van der Waals surface area contributed by atoms with Crippen LogP contribution in [0.2, 0.25) is 0 Å². The number of thiophene rings is 1. The smallest absolute Gasteiger partial charge is 0.254 e. The predicted octanol–water partition coefficient (Wildman–Crippen LogP) is 2.71. The van der Waals surface area contributed by atoms with Crippen molar-refractivity contribution in [3.8, 4) is 0 Å². The van der Waals surface area contributed by atoms with Gasteiger partial charge in [-0.25, -0.2) is 4.39 Å². The summed E-state index contributed by atoms with van der Waals surface area (Å²) >= 11 is 1.56. The minimum absolute atomic E-state index is 0.0124. The number of nitrogens with one attached hydrogen (secondary N) is 1. The average molecular weight is 264 g/mol. The number of hydrogen-bond donors (Lipinski definition) is 2. The molecule has 5 heteroatoms. The first kappa shape index (κ1) is 12.6. The van der Waals surface area contributed by atoms with Gasteiger partial charge in [0, 0.05) is 10.6 Å². The molecule has 2 rings (SSSR count). The van der Waals surface area contributed by atoms with Gasteiger partial charge >= 0.3 is 0 Å². The summed E-state index contributed by atoms with van der Waals surface area (Å²) in [5.74, 6) is -1.03. The molecule has 0 radical (unpaired) electrons. The highest BCUT2D eigenvalue weighted by atomic mass is 32.1. The molecular weight excluding hydrogens is 251 g/mol. The van der Waals surface area contributed by atoms with E-state index in [2.05, 4.69) is 5.32 Å². The maximum atomic E-state index is 13.5. The summed E-state index contributed by atoms with van der Waals surface area (Å²) < 4.78 is 13.5. The zero-order valence-electron chi connectivity index (χ0n) is 9.87. The van der Waals surface area contributed by atoms with Gasteiger partial charge in [0.05, 0.1) is 12.1 Å². The number of rotatable bonds is 3. The maximum absolute atomic E-state index is 13.5. The predicted molar refractivity (Wildman–Crippen MR) is 71.0 cm³/mol. The van der Waals surface area contributed by atoms with Gasteiger partial charge in [-0.3, -0.25) is 4.79 Å². The number of carbonyl (C=O) groups is 1. The van der Waals surface area contributed by atoms with Crippen LogP contribution in [0.3, 0.4) is 0 Å². The van der Waals surface area contributed by atoms with Crippen molar-refractivity contribution in [1.82, 2.24) is 5.32 Å². The molecule has 0 aliphatic heterocycles. The molecule has 1 aromatic heterocycles. The van der Waals surface area contributed by atoms with Gasteiger partial charge in [0.25, 0.3) is 5.91 Å². The summed E-state index contributed by atoms with van der Waals surface area (Å²) in [5, 5.41) is 4.65. The van der Waals surface area contributed by atoms with Crippen LogP contribution in [0.4, 0.5) is 10.1 Å². The lowest BCUT2D eigenvalue weighted by Gasteiger charge is -2.06. The standard InChI is InChI=1S/C13H13FN2OS/c1-8-4-5-18-12(8)7-16-13(17)10-3-2-9(15)6-11(10)14/h2-6H,7,15H2,1H3,(H,16,17). The molecule has 18 heavy (non-hydrogen) atoms. The highest BCUT2D eigenvalue weighted by molar-refractivity contribution is 7.10. The molecule has 3 N–H and O–H groups in total. The number of halogens is 1. The lowest BCUT2D eigenvalue weighted by Crippen LogP contribution is -2.23. The number of aryl methyl sites for hydroxylation is 1. The normalized spacial score (nSPS) is 10.3. The Morgan fingerprint density at radius 3 is 2.83 bits per heavy atom. The monoisotopic (exact) mass is 264 g/mol. The first-order valence-corrected chi connectivity index (χ1v) is 6.32. The van der Waals surface area contributed by atoms with Gasteiger partial charge < -0.3 is 11.1 Å². The van der Waals surface area contributed by atoms with E-state index in [1.165, 1.54) is 12.1 Å². The molecule has 0 aliphatic rings. The molecule has 0 bridgehead atoms. The van der Waals surface area contributed by atoms with Gasteiger partial charge in [0.15, 0.2) is 0 Å². The van der Waals surface area contributed by atoms with E-state index in [9.17, 15) is 9.18 Å². The van der Waals surface area contributed by atoms with E-state index in [0.29, 0.717) is 12.2 Å². The van der Waals surface area contributed by atoms with Crippen LogP contribution in [-0.4, -0.2) is 5.91 Å². The summed E-state index contributed by atoms with van der Waals surface area (Å²) in [7, 11) is 0. The van der Waals surface area contributed by atoms with Gasteiger partial charge in [-0.05, 0) is 42.1 Å². The summed E-state index contributed by atoms with van der Waals surface area (Å²) in [6.07, 6.45) is 0. The zero-order valence-corrected chi connectivity index (χ0v) is 10.7. The largest absolute Gasteiger partial charge is 0.399 e. The number of hydrogen-bond acceptors (Lipinski definition) is 3. The van der Waals surface area contributed by atoms with Crippen molar-refractivity contribution < 1.29 is 9.18 Å². The highest BCUT2D eigenvalue weighted by Gasteiger charge is 2.12. The number of anilines is 1. The molecule has 0 atom stereocenters. The molecule has 3 nitrogen and oxygen atoms in total. The van der Waals surface area contributed by atoms with Crippen LogP contribution in [0.25, 0.3) is 0 Å². The number of benzene rings is 1. The Kier molecular flexibility index (Phi) is 3.62. The topological polar surface area (TPSA) is 55.1 Å². The summed E-state index contributed by atoms with van der Waals surface area (Å²) in [4.78, 5) is 12.9. The van der Waals surface area contributed by atoms with E-state index < -0.39 is 11.7 Å². The molecule has 0 unspecified atom stereocenters. The van der Waals surface area contributed by atoms with Crippen molar-refractivity contribution in [2.24, 2.45) is 0 Å². The van der Waals surface area contributed by atoms with Crippen LogP contribution in [-0.2, 0) is 6.54 Å². The molecule has 1 aromatic carbocycles. The fourth-order valence-electron chi connectivity index (χ4n) is 1.56. The Morgan fingerprint density at radius 2 is 2.22 bits per heavy atom. The Morgan fingerprint density at radius 1 is 1.44 bits per heavy atom. The third-order valence-corrected chi connectivity index (χ3v) is 3.64. The molecule has 94 valence electrons. The zero-order chi connectivity index (χ0) is 13.1. The van der Waals surface area contributed by atoms with Gasteiger partial charge in [-0.2, -0.15) is 0 Å². The Labute approximate surface area is 108 Å². The van der Waals surface area contributed by atoms with Crippen molar-refractivity contribution in [3.05, 3.63) is 51.5 Å². The van der Waals surface area contributed by atoms with Crippen molar-refractivity contribution in [2.45, 2.75) is 13.5 Å². The summed E-state index contributed by atoms with van der Waals surface area (Å²) in [6.45, 7) is 2.38. The van der Waals surface area contributed by atoms with Crippen LogP contribution in [0, 0.1) is 12.7 Å². The minimum atomic E-state index is -0.601. The van der Waals surface area contributed by atoms with Crippen LogP contribution < -0.4 is 11.1 Å². The Hall–Kier alpha value is -1.88. The lowest BCUT2D eigenvalue weighted by atomic mass is 10.2. The molecule has 1 amide bonds. The van der Waals surface area contributed by atoms with E-state index in [0.717, 1.165) is 16.5 Å². The van der Waals surface area contributed by atoms with Gasteiger partial charge in [-0.15, -0.1) is 11.3 Å². The molecule has 2 aromatic rings. The SMILES string of the molecule is Cc1ccsc1CNC(=O)c1ccc(N)cc1F. The quantitative estimate of drug-likeness (QED) is 0.837. The van der Waals surface area contributed by atoms with E-state index in [1.54, 1.807) is 11.3 Å². The third kappa shape index (κ3) is 2.68. The lowest BCUT2D eigenvalue weighted by molar-refractivity contribution is 0.0947. The van der Waals surface area contributed by atoms with Crippen LogP contribution in [0.1, 0.15) is 20.8 Å². The van der Waals surface area contributed by atoms with Gasteiger partial charge in [0.1, 0.15) is 5.82 Å². The van der Waals surface area contributed by atoms with Crippen molar-refractivity contribution in [1.29, 1.82) is 0 Å². The van der Waals surface area contributed by atoms with Crippen molar-refractivity contribution in [2.75, 3.05) is 5.73 Å². The molecule has 0 saturated carbocycles.